The van der Waals surface area contributed by atoms with Gasteiger partial charge < -0.3 is 10.0 Å². The zero-order valence-electron chi connectivity index (χ0n) is 17.8. The maximum Gasteiger partial charge on any atom is 0.159 e. The summed E-state index contributed by atoms with van der Waals surface area (Å²) in [6.07, 6.45) is 3.48. The average Bonchev–Trinajstić information content (AvgIpc) is 3.19. The van der Waals surface area contributed by atoms with Crippen LogP contribution < -0.4 is 0 Å². The molecule has 7 nitrogen and oxygen atoms in total. The largest absolute Gasteiger partial charge is 0.392 e. The molecule has 0 aliphatic carbocycles. The SMILES string of the molecule is Cc1cn2nc(-c3cc(F)c4cc(C5CCN(CCF)CC5)nnc4c3)cc(CO)c2n1. The van der Waals surface area contributed by atoms with Crippen molar-refractivity contribution in [3.63, 3.8) is 0 Å². The number of aromatic nitrogens is 5. The Morgan fingerprint density at radius 1 is 1.12 bits per heavy atom. The number of fused-ring (bicyclic) bond motifs is 2. The van der Waals surface area contributed by atoms with Crippen LogP contribution in [0.5, 0.6) is 0 Å². The molecule has 1 aliphatic heterocycles. The lowest BCUT2D eigenvalue weighted by molar-refractivity contribution is 0.195. The molecule has 0 amide bonds. The highest BCUT2D eigenvalue weighted by Gasteiger charge is 2.23. The topological polar surface area (TPSA) is 79.4 Å². The molecule has 0 unspecified atom stereocenters. The van der Waals surface area contributed by atoms with Gasteiger partial charge in [0.2, 0.25) is 0 Å². The third-order valence-corrected chi connectivity index (χ3v) is 6.17. The predicted octanol–water partition coefficient (Wildman–Crippen LogP) is 3.43. The summed E-state index contributed by atoms with van der Waals surface area (Å²) in [6, 6.07) is 6.70. The first-order chi connectivity index (χ1) is 15.6. The molecule has 1 fully saturated rings. The number of hydrogen-bond donors (Lipinski definition) is 1. The van der Waals surface area contributed by atoms with Gasteiger partial charge in [-0.25, -0.2) is 18.3 Å². The summed E-state index contributed by atoms with van der Waals surface area (Å²) >= 11 is 0. The van der Waals surface area contributed by atoms with E-state index in [4.69, 9.17) is 0 Å². The Labute approximate surface area is 183 Å². The number of halogens is 2. The highest BCUT2D eigenvalue weighted by Crippen LogP contribution is 2.31. The lowest BCUT2D eigenvalue weighted by atomic mass is 9.92. The van der Waals surface area contributed by atoms with Crippen LogP contribution in [-0.2, 0) is 6.61 Å². The number of benzene rings is 1. The maximum absolute atomic E-state index is 15.1. The summed E-state index contributed by atoms with van der Waals surface area (Å²) < 4.78 is 29.3. The first-order valence-electron chi connectivity index (χ1n) is 10.8. The molecule has 0 atom stereocenters. The molecule has 0 saturated carbocycles. The number of aliphatic hydroxyl groups excluding tert-OH is 1. The van der Waals surface area contributed by atoms with Crippen molar-refractivity contribution in [3.8, 4) is 11.3 Å². The van der Waals surface area contributed by atoms with E-state index >= 15 is 4.39 Å². The van der Waals surface area contributed by atoms with E-state index in [9.17, 15) is 9.50 Å². The second kappa shape index (κ2) is 8.48. The molecule has 5 rings (SSSR count). The van der Waals surface area contributed by atoms with Gasteiger partial charge in [0, 0.05) is 29.0 Å². The number of rotatable bonds is 5. The van der Waals surface area contributed by atoms with E-state index in [0.29, 0.717) is 39.9 Å². The van der Waals surface area contributed by atoms with Crippen molar-refractivity contribution in [2.45, 2.75) is 32.3 Å². The van der Waals surface area contributed by atoms with E-state index < -0.39 is 5.82 Å². The number of nitrogens with zero attached hydrogens (tertiary/aromatic N) is 6. The van der Waals surface area contributed by atoms with Gasteiger partial charge in [0.1, 0.15) is 12.5 Å². The third kappa shape index (κ3) is 3.82. The monoisotopic (exact) mass is 438 g/mol. The van der Waals surface area contributed by atoms with Gasteiger partial charge >= 0.3 is 0 Å². The normalized spacial score (nSPS) is 15.8. The van der Waals surface area contributed by atoms with Crippen LogP contribution in [-0.4, -0.2) is 61.1 Å². The lowest BCUT2D eigenvalue weighted by Crippen LogP contribution is -2.34. The van der Waals surface area contributed by atoms with Crippen LogP contribution in [0.2, 0.25) is 0 Å². The fourth-order valence-electron chi connectivity index (χ4n) is 4.45. The minimum absolute atomic E-state index is 0.196. The second-order valence-electron chi connectivity index (χ2n) is 8.33. The number of alkyl halides is 1. The fourth-order valence-corrected chi connectivity index (χ4v) is 4.45. The third-order valence-electron chi connectivity index (χ3n) is 6.17. The first kappa shape index (κ1) is 20.8. The second-order valence-corrected chi connectivity index (χ2v) is 8.33. The van der Waals surface area contributed by atoms with Gasteiger partial charge in [-0.05, 0) is 57.1 Å². The maximum atomic E-state index is 15.1. The van der Waals surface area contributed by atoms with Crippen LogP contribution in [0, 0.1) is 12.7 Å². The minimum Gasteiger partial charge on any atom is -0.392 e. The molecule has 3 aromatic heterocycles. The van der Waals surface area contributed by atoms with Crippen molar-refractivity contribution in [1.29, 1.82) is 0 Å². The van der Waals surface area contributed by atoms with Crippen LogP contribution in [0.15, 0.2) is 30.5 Å². The number of aliphatic hydroxyl groups is 1. The number of aryl methyl sites for hydroxylation is 1. The van der Waals surface area contributed by atoms with E-state index in [-0.39, 0.29) is 19.2 Å². The molecular weight excluding hydrogens is 414 g/mol. The smallest absolute Gasteiger partial charge is 0.159 e. The quantitative estimate of drug-likeness (QED) is 0.514. The Balaban J connectivity index is 1.48. The summed E-state index contributed by atoms with van der Waals surface area (Å²) in [7, 11) is 0. The molecule has 0 radical (unpaired) electrons. The molecule has 1 aliphatic rings. The van der Waals surface area contributed by atoms with Gasteiger partial charge in [0.05, 0.1) is 35.4 Å². The minimum atomic E-state index is -0.391. The van der Waals surface area contributed by atoms with Gasteiger partial charge in [0.25, 0.3) is 0 Å². The number of likely N-dealkylation sites (tertiary alicyclic amines) is 1. The van der Waals surface area contributed by atoms with Gasteiger partial charge in [-0.1, -0.05) is 0 Å². The van der Waals surface area contributed by atoms with Gasteiger partial charge in [0.15, 0.2) is 5.65 Å². The molecule has 166 valence electrons. The molecule has 4 heterocycles. The molecule has 1 aromatic carbocycles. The van der Waals surface area contributed by atoms with Gasteiger partial charge in [-0.2, -0.15) is 15.3 Å². The zero-order chi connectivity index (χ0) is 22.2. The Bertz CT molecular complexity index is 1280. The summed E-state index contributed by atoms with van der Waals surface area (Å²) in [4.78, 5) is 6.48. The Morgan fingerprint density at radius 2 is 1.94 bits per heavy atom. The van der Waals surface area contributed by atoms with Gasteiger partial charge in [-0.3, -0.25) is 0 Å². The zero-order valence-corrected chi connectivity index (χ0v) is 17.8. The van der Waals surface area contributed by atoms with Crippen LogP contribution in [0.25, 0.3) is 27.8 Å². The van der Waals surface area contributed by atoms with Crippen LogP contribution in [0.3, 0.4) is 0 Å². The molecule has 9 heteroatoms. The van der Waals surface area contributed by atoms with E-state index in [0.717, 1.165) is 37.3 Å². The number of piperidine rings is 1. The summed E-state index contributed by atoms with van der Waals surface area (Å²) in [5, 5.41) is 23.4. The standard InChI is InChI=1S/C23H24F2N6O/c1-14-12-31-23(26-14)17(13-32)10-21(29-31)16-8-19(25)18-11-20(27-28-22(18)9-16)15-2-5-30(6-3-15)7-4-24/h8-12,15,32H,2-7,13H2,1H3. The van der Waals surface area contributed by atoms with E-state index in [2.05, 4.69) is 25.2 Å². The summed E-state index contributed by atoms with van der Waals surface area (Å²) in [5.41, 5.74) is 4.28. The summed E-state index contributed by atoms with van der Waals surface area (Å²) in [6.45, 7) is 3.40. The molecule has 0 bridgehead atoms. The highest BCUT2D eigenvalue weighted by atomic mass is 19.1. The molecular formula is C23H24F2N6O. The first-order valence-corrected chi connectivity index (χ1v) is 10.8. The number of hydrogen-bond acceptors (Lipinski definition) is 6. The Morgan fingerprint density at radius 3 is 2.69 bits per heavy atom. The molecule has 1 saturated heterocycles. The van der Waals surface area contributed by atoms with Crippen LogP contribution >= 0.6 is 0 Å². The molecule has 1 N–H and O–H groups in total. The lowest BCUT2D eigenvalue weighted by Gasteiger charge is -2.30. The van der Waals surface area contributed by atoms with E-state index in [1.807, 2.05) is 6.92 Å². The molecule has 32 heavy (non-hydrogen) atoms. The Kier molecular flexibility index (Phi) is 5.52. The number of imidazole rings is 1. The van der Waals surface area contributed by atoms with Crippen molar-refractivity contribution in [2.24, 2.45) is 0 Å². The van der Waals surface area contributed by atoms with Crippen molar-refractivity contribution in [2.75, 3.05) is 26.3 Å². The van der Waals surface area contributed by atoms with Crippen molar-refractivity contribution >= 4 is 16.6 Å². The van der Waals surface area contributed by atoms with Crippen molar-refractivity contribution in [1.82, 2.24) is 29.7 Å². The fraction of sp³-hybridized carbons (Fsp3) is 0.391. The molecule has 4 aromatic rings. The van der Waals surface area contributed by atoms with E-state index in [1.165, 1.54) is 6.07 Å². The van der Waals surface area contributed by atoms with Crippen molar-refractivity contribution in [3.05, 3.63) is 53.2 Å². The van der Waals surface area contributed by atoms with Crippen LogP contribution in [0.4, 0.5) is 8.78 Å². The van der Waals surface area contributed by atoms with Crippen LogP contribution in [0.1, 0.15) is 35.7 Å². The highest BCUT2D eigenvalue weighted by molar-refractivity contribution is 5.84. The van der Waals surface area contributed by atoms with E-state index in [1.54, 1.807) is 28.9 Å². The average molecular weight is 438 g/mol. The summed E-state index contributed by atoms with van der Waals surface area (Å²) in [5.74, 6) is -0.194. The predicted molar refractivity (Wildman–Crippen MR) is 117 cm³/mol. The molecule has 0 spiro atoms. The van der Waals surface area contributed by atoms with Crippen molar-refractivity contribution < 1.29 is 13.9 Å². The Hall–Kier alpha value is -3.04. The van der Waals surface area contributed by atoms with Gasteiger partial charge in [-0.15, -0.1) is 0 Å².